The molecule has 0 atom stereocenters. The summed E-state index contributed by atoms with van der Waals surface area (Å²) in [4.78, 5) is 22.0. The number of fused-ring (bicyclic) bond motifs is 1. The molecule has 1 amide bonds. The lowest BCUT2D eigenvalue weighted by molar-refractivity contribution is 0.0951. The van der Waals surface area contributed by atoms with Crippen LogP contribution in [0.25, 0.3) is 11.2 Å². The fourth-order valence-electron chi connectivity index (χ4n) is 3.88. The number of rotatable bonds is 9. The van der Waals surface area contributed by atoms with Crippen molar-refractivity contribution in [2.75, 3.05) is 7.11 Å². The highest BCUT2D eigenvalue weighted by atomic mass is 32.2. The molecule has 0 saturated heterocycles. The van der Waals surface area contributed by atoms with Gasteiger partial charge >= 0.3 is 0 Å². The zero-order chi connectivity index (χ0) is 24.7. The fraction of sp³-hybridized carbons (Fsp3) is 0.138. The summed E-state index contributed by atoms with van der Waals surface area (Å²) in [5.41, 5.74) is 5.75. The van der Waals surface area contributed by atoms with Crippen molar-refractivity contribution in [1.82, 2.24) is 19.9 Å². The Morgan fingerprint density at radius 2 is 1.64 bits per heavy atom. The number of ether oxygens (including phenoxy) is 1. The number of pyridine rings is 1. The van der Waals surface area contributed by atoms with Gasteiger partial charge in [-0.05, 0) is 53.1 Å². The Balaban J connectivity index is 1.23. The van der Waals surface area contributed by atoms with E-state index in [1.807, 2.05) is 78.9 Å². The first kappa shape index (κ1) is 23.6. The van der Waals surface area contributed by atoms with Gasteiger partial charge in [0.2, 0.25) is 0 Å². The second kappa shape index (κ2) is 11.1. The molecule has 36 heavy (non-hydrogen) atoms. The van der Waals surface area contributed by atoms with Crippen LogP contribution in [0.4, 0.5) is 0 Å². The lowest BCUT2D eigenvalue weighted by Gasteiger charge is -2.09. The summed E-state index contributed by atoms with van der Waals surface area (Å²) >= 11 is 1.67. The van der Waals surface area contributed by atoms with Crippen molar-refractivity contribution in [1.29, 1.82) is 0 Å². The number of carbonyl (C=O) groups is 1. The molecule has 0 aliphatic rings. The molecule has 1 N–H and O–H groups in total. The van der Waals surface area contributed by atoms with E-state index in [0.717, 1.165) is 38.9 Å². The second-order valence-electron chi connectivity index (χ2n) is 8.33. The topological polar surface area (TPSA) is 69.0 Å². The molecular formula is C29H26N4O2S. The monoisotopic (exact) mass is 494 g/mol. The van der Waals surface area contributed by atoms with Crippen LogP contribution in [0, 0.1) is 0 Å². The molecule has 0 radical (unpaired) electrons. The van der Waals surface area contributed by atoms with Crippen molar-refractivity contribution in [3.63, 3.8) is 0 Å². The molecular weight excluding hydrogens is 468 g/mol. The van der Waals surface area contributed by atoms with E-state index < -0.39 is 0 Å². The van der Waals surface area contributed by atoms with Crippen LogP contribution in [-0.2, 0) is 18.8 Å². The van der Waals surface area contributed by atoms with Crippen molar-refractivity contribution in [3.8, 4) is 5.75 Å². The minimum Gasteiger partial charge on any atom is -0.497 e. The molecule has 2 aromatic heterocycles. The summed E-state index contributed by atoms with van der Waals surface area (Å²) in [6, 6.07) is 29.6. The number of methoxy groups -OCH3 is 1. The largest absolute Gasteiger partial charge is 0.497 e. The molecule has 0 unspecified atom stereocenters. The van der Waals surface area contributed by atoms with Gasteiger partial charge in [-0.1, -0.05) is 66.4 Å². The molecule has 2 heterocycles. The second-order valence-corrected chi connectivity index (χ2v) is 9.27. The molecule has 7 heteroatoms. The first-order chi connectivity index (χ1) is 17.7. The van der Waals surface area contributed by atoms with Crippen LogP contribution in [0.3, 0.4) is 0 Å². The maximum atomic E-state index is 12.6. The predicted molar refractivity (Wildman–Crippen MR) is 143 cm³/mol. The van der Waals surface area contributed by atoms with Gasteiger partial charge in [0.05, 0.1) is 13.7 Å². The van der Waals surface area contributed by atoms with Gasteiger partial charge in [0, 0.05) is 24.1 Å². The van der Waals surface area contributed by atoms with Crippen molar-refractivity contribution in [2.24, 2.45) is 0 Å². The van der Waals surface area contributed by atoms with Crippen molar-refractivity contribution >= 4 is 28.8 Å². The molecule has 6 nitrogen and oxygen atoms in total. The minimum atomic E-state index is -0.0965. The van der Waals surface area contributed by atoms with Crippen LogP contribution in [0.5, 0.6) is 5.75 Å². The zero-order valence-electron chi connectivity index (χ0n) is 19.9. The predicted octanol–water partition coefficient (Wildman–Crippen LogP) is 5.71. The molecule has 5 rings (SSSR count). The van der Waals surface area contributed by atoms with E-state index in [0.29, 0.717) is 18.7 Å². The maximum absolute atomic E-state index is 12.6. The smallest absolute Gasteiger partial charge is 0.251 e. The Kier molecular flexibility index (Phi) is 7.28. The number of aromatic nitrogens is 3. The molecule has 0 spiro atoms. The first-order valence-corrected chi connectivity index (χ1v) is 12.7. The molecule has 0 fully saturated rings. The molecule has 5 aromatic rings. The zero-order valence-corrected chi connectivity index (χ0v) is 20.7. The Labute approximate surface area is 214 Å². The standard InChI is InChI=1S/C29H26N4O2S/c1-35-25-15-11-21(12-16-25)18-31-28(34)24-13-9-23(10-14-24)20-36-29-32-26-8-5-17-30-27(26)33(29)19-22-6-3-2-4-7-22/h2-17H,18-20H2,1H3,(H,31,34). The number of amides is 1. The fourth-order valence-corrected chi connectivity index (χ4v) is 4.84. The summed E-state index contributed by atoms with van der Waals surface area (Å²) in [5, 5.41) is 3.90. The third kappa shape index (κ3) is 5.58. The highest BCUT2D eigenvalue weighted by Crippen LogP contribution is 2.27. The van der Waals surface area contributed by atoms with Crippen molar-refractivity contribution in [3.05, 3.63) is 119 Å². The highest BCUT2D eigenvalue weighted by molar-refractivity contribution is 7.98. The number of hydrogen-bond donors (Lipinski definition) is 1. The summed E-state index contributed by atoms with van der Waals surface area (Å²) in [7, 11) is 1.64. The number of benzene rings is 3. The third-order valence-electron chi connectivity index (χ3n) is 5.85. The van der Waals surface area contributed by atoms with Gasteiger partial charge in [0.1, 0.15) is 11.3 Å². The average Bonchev–Trinajstić information content (AvgIpc) is 3.28. The molecule has 180 valence electrons. The van der Waals surface area contributed by atoms with Gasteiger partial charge in [-0.3, -0.25) is 9.36 Å². The van der Waals surface area contributed by atoms with Crippen LogP contribution in [0.1, 0.15) is 27.0 Å². The molecule has 0 aliphatic carbocycles. The van der Waals surface area contributed by atoms with Gasteiger partial charge < -0.3 is 10.1 Å². The van der Waals surface area contributed by atoms with Crippen LogP contribution in [0.2, 0.25) is 0 Å². The van der Waals surface area contributed by atoms with Gasteiger partial charge in [-0.2, -0.15) is 0 Å². The van der Waals surface area contributed by atoms with E-state index in [-0.39, 0.29) is 5.91 Å². The van der Waals surface area contributed by atoms with Gasteiger partial charge in [-0.15, -0.1) is 0 Å². The first-order valence-electron chi connectivity index (χ1n) is 11.7. The normalized spacial score (nSPS) is 10.9. The summed E-state index contributed by atoms with van der Waals surface area (Å²) < 4.78 is 7.34. The van der Waals surface area contributed by atoms with Gasteiger partial charge in [-0.25, -0.2) is 9.97 Å². The number of hydrogen-bond acceptors (Lipinski definition) is 5. The lowest BCUT2D eigenvalue weighted by atomic mass is 10.1. The van der Waals surface area contributed by atoms with Crippen LogP contribution < -0.4 is 10.1 Å². The van der Waals surface area contributed by atoms with Crippen molar-refractivity contribution < 1.29 is 9.53 Å². The van der Waals surface area contributed by atoms with Crippen LogP contribution in [0.15, 0.2) is 102 Å². The molecule has 0 aliphatic heterocycles. The van der Waals surface area contributed by atoms with E-state index in [1.165, 1.54) is 5.56 Å². The van der Waals surface area contributed by atoms with Gasteiger partial charge in [0.15, 0.2) is 10.8 Å². The summed E-state index contributed by atoms with van der Waals surface area (Å²) in [6.45, 7) is 1.18. The maximum Gasteiger partial charge on any atom is 0.251 e. The van der Waals surface area contributed by atoms with E-state index >= 15 is 0 Å². The van der Waals surface area contributed by atoms with Crippen LogP contribution in [-0.4, -0.2) is 27.6 Å². The van der Waals surface area contributed by atoms with E-state index in [1.54, 1.807) is 25.1 Å². The van der Waals surface area contributed by atoms with E-state index in [2.05, 4.69) is 27.0 Å². The van der Waals surface area contributed by atoms with Crippen LogP contribution >= 0.6 is 11.8 Å². The Morgan fingerprint density at radius 1 is 0.889 bits per heavy atom. The van der Waals surface area contributed by atoms with Gasteiger partial charge in [0.25, 0.3) is 5.91 Å². The summed E-state index contributed by atoms with van der Waals surface area (Å²) in [5.74, 6) is 1.44. The van der Waals surface area contributed by atoms with Crippen molar-refractivity contribution in [2.45, 2.75) is 24.0 Å². The average molecular weight is 495 g/mol. The Bertz CT molecular complexity index is 1450. The minimum absolute atomic E-state index is 0.0965. The molecule has 3 aromatic carbocycles. The number of nitrogens with zero attached hydrogens (tertiary/aromatic N) is 3. The van der Waals surface area contributed by atoms with E-state index in [9.17, 15) is 4.79 Å². The Morgan fingerprint density at radius 3 is 2.39 bits per heavy atom. The van der Waals surface area contributed by atoms with E-state index in [4.69, 9.17) is 9.72 Å². The number of thioether (sulfide) groups is 1. The number of nitrogens with one attached hydrogen (secondary N) is 1. The lowest BCUT2D eigenvalue weighted by Crippen LogP contribution is -2.22. The quantitative estimate of drug-likeness (QED) is 0.266. The summed E-state index contributed by atoms with van der Waals surface area (Å²) in [6.07, 6.45) is 1.80. The highest BCUT2D eigenvalue weighted by Gasteiger charge is 2.13. The number of imidazole rings is 1. The SMILES string of the molecule is COc1ccc(CNC(=O)c2ccc(CSc3nc4cccnc4n3Cc3ccccc3)cc2)cc1. The molecule has 0 saturated carbocycles. The molecule has 0 bridgehead atoms. The number of carbonyl (C=O) groups excluding carboxylic acids is 1. The Hall–Kier alpha value is -4.10. The third-order valence-corrected chi connectivity index (χ3v) is 6.90.